The zero-order valence-electron chi connectivity index (χ0n) is 19.7. The zero-order chi connectivity index (χ0) is 25.1. The molecule has 3 heterocycles. The maximum atomic E-state index is 6.52. The Bertz CT molecular complexity index is 1320. The van der Waals surface area contributed by atoms with E-state index in [2.05, 4.69) is 20.1 Å². The van der Waals surface area contributed by atoms with Crippen LogP contribution in [0.1, 0.15) is 5.56 Å². The van der Waals surface area contributed by atoms with Gasteiger partial charge in [-0.3, -0.25) is 0 Å². The lowest BCUT2D eigenvalue weighted by Gasteiger charge is -2.29. The number of hydrogen-bond acceptors (Lipinski definition) is 8. The molecule has 4 aromatic rings. The molecule has 0 bridgehead atoms. The third kappa shape index (κ3) is 5.29. The summed E-state index contributed by atoms with van der Waals surface area (Å²) in [6.07, 6.45) is 4.48. The Morgan fingerprint density at radius 3 is 2.69 bits per heavy atom. The zero-order valence-corrected chi connectivity index (χ0v) is 21.2. The van der Waals surface area contributed by atoms with Crippen LogP contribution in [0.4, 0.5) is 5.95 Å². The van der Waals surface area contributed by atoms with E-state index in [-0.39, 0.29) is 12.6 Å². The fourth-order valence-electron chi connectivity index (χ4n) is 3.92. The van der Waals surface area contributed by atoms with Gasteiger partial charge in [-0.25, -0.2) is 19.6 Å². The average molecular weight is 527 g/mol. The minimum atomic E-state index is -1.15. The van der Waals surface area contributed by atoms with E-state index in [9.17, 15) is 0 Å². The summed E-state index contributed by atoms with van der Waals surface area (Å²) in [5, 5.41) is 5.17. The van der Waals surface area contributed by atoms with E-state index in [0.717, 1.165) is 11.3 Å². The highest BCUT2D eigenvalue weighted by Gasteiger charge is 2.45. The predicted octanol–water partition coefficient (Wildman–Crippen LogP) is 4.46. The number of rotatable bonds is 8. The first-order valence-corrected chi connectivity index (χ1v) is 12.0. The molecule has 0 amide bonds. The molecule has 9 nitrogen and oxygen atoms in total. The Labute approximate surface area is 218 Å². The molecule has 0 N–H and O–H groups in total. The second-order valence-electron chi connectivity index (χ2n) is 8.49. The van der Waals surface area contributed by atoms with Gasteiger partial charge in [0.25, 0.3) is 0 Å². The lowest BCUT2D eigenvalue weighted by atomic mass is 10.1. The Kier molecular flexibility index (Phi) is 7.06. The number of nitrogens with zero attached hydrogens (tertiary/aromatic N) is 6. The van der Waals surface area contributed by atoms with Crippen LogP contribution in [-0.4, -0.2) is 58.1 Å². The van der Waals surface area contributed by atoms with Crippen molar-refractivity contribution in [2.75, 3.05) is 32.2 Å². The van der Waals surface area contributed by atoms with Crippen molar-refractivity contribution in [1.29, 1.82) is 0 Å². The van der Waals surface area contributed by atoms with Gasteiger partial charge in [-0.1, -0.05) is 29.3 Å². The van der Waals surface area contributed by atoms with Crippen LogP contribution in [0.15, 0.2) is 67.4 Å². The number of anilines is 1. The highest BCUT2D eigenvalue weighted by atomic mass is 35.5. The quantitative estimate of drug-likeness (QED) is 0.332. The summed E-state index contributed by atoms with van der Waals surface area (Å²) in [5.74, 6) is 0.216. The largest absolute Gasteiger partial charge is 0.491 e. The van der Waals surface area contributed by atoms with Crippen LogP contribution in [0.25, 0.3) is 11.3 Å². The fraction of sp³-hybridized carbons (Fsp3) is 0.280. The first kappa shape index (κ1) is 24.5. The van der Waals surface area contributed by atoms with Gasteiger partial charge in [0.15, 0.2) is 0 Å². The van der Waals surface area contributed by atoms with Gasteiger partial charge in [-0.05, 0) is 42.5 Å². The molecule has 0 radical (unpaired) electrons. The number of ether oxygens (including phenoxy) is 3. The van der Waals surface area contributed by atoms with Crippen LogP contribution in [-0.2, 0) is 21.8 Å². The first-order chi connectivity index (χ1) is 17.4. The molecule has 0 saturated carbocycles. The summed E-state index contributed by atoms with van der Waals surface area (Å²) in [7, 11) is 3.82. The van der Waals surface area contributed by atoms with Gasteiger partial charge in [0.2, 0.25) is 11.7 Å². The van der Waals surface area contributed by atoms with E-state index in [1.165, 1.54) is 6.33 Å². The van der Waals surface area contributed by atoms with Crippen LogP contribution in [0.5, 0.6) is 5.75 Å². The molecule has 36 heavy (non-hydrogen) atoms. The van der Waals surface area contributed by atoms with Crippen LogP contribution in [0.3, 0.4) is 0 Å². The van der Waals surface area contributed by atoms with E-state index in [1.54, 1.807) is 35.4 Å². The fourth-order valence-corrected chi connectivity index (χ4v) is 4.47. The molecule has 1 saturated heterocycles. The molecule has 186 valence electrons. The third-order valence-electron chi connectivity index (χ3n) is 5.67. The molecule has 1 aliphatic heterocycles. The summed E-state index contributed by atoms with van der Waals surface area (Å²) in [6.45, 7) is 0.884. The molecule has 2 aromatic carbocycles. The molecule has 2 atom stereocenters. The summed E-state index contributed by atoms with van der Waals surface area (Å²) in [4.78, 5) is 14.7. The minimum absolute atomic E-state index is 0.271. The smallest absolute Gasteiger partial charge is 0.225 e. The van der Waals surface area contributed by atoms with Crippen molar-refractivity contribution in [2.45, 2.75) is 18.4 Å². The van der Waals surface area contributed by atoms with Gasteiger partial charge < -0.3 is 19.1 Å². The van der Waals surface area contributed by atoms with Gasteiger partial charge in [0.05, 0.1) is 17.3 Å². The molecular formula is C25H24Cl2N6O3. The maximum absolute atomic E-state index is 6.52. The molecule has 5 rings (SSSR count). The number of benzene rings is 2. The summed E-state index contributed by atoms with van der Waals surface area (Å²) < 4.78 is 20.2. The molecule has 2 unspecified atom stereocenters. The molecule has 1 fully saturated rings. The van der Waals surface area contributed by atoms with Crippen molar-refractivity contribution >= 4 is 29.2 Å². The van der Waals surface area contributed by atoms with Crippen LogP contribution >= 0.6 is 23.2 Å². The Morgan fingerprint density at radius 1 is 1.14 bits per heavy atom. The highest BCUT2D eigenvalue weighted by molar-refractivity contribution is 6.35. The average Bonchev–Trinajstić information content (AvgIpc) is 3.54. The van der Waals surface area contributed by atoms with Gasteiger partial charge in [-0.15, -0.1) is 0 Å². The summed E-state index contributed by atoms with van der Waals surface area (Å²) in [5.41, 5.74) is 2.47. The molecule has 0 spiro atoms. The standard InChI is InChI=1S/C25H24Cl2N6O3/c1-32(2)24-29-10-9-23(31-24)17-3-6-19(7-4-17)34-12-20-13-35-25(36-20,14-33-16-28-15-30-33)21-8-5-18(26)11-22(21)27/h3-11,15-16,20H,12-14H2,1-2H3. The summed E-state index contributed by atoms with van der Waals surface area (Å²) >= 11 is 12.6. The van der Waals surface area contributed by atoms with Crippen LogP contribution in [0, 0.1) is 0 Å². The molecule has 0 aliphatic carbocycles. The SMILES string of the molecule is CN(C)c1nccc(-c2ccc(OCC3COC(Cn4cncn4)(c4ccc(Cl)cc4Cl)O3)cc2)n1. The van der Waals surface area contributed by atoms with E-state index in [4.69, 9.17) is 37.4 Å². The lowest BCUT2D eigenvalue weighted by Crippen LogP contribution is -2.35. The highest BCUT2D eigenvalue weighted by Crippen LogP contribution is 2.40. The number of aromatic nitrogens is 5. The Morgan fingerprint density at radius 2 is 1.97 bits per heavy atom. The van der Waals surface area contributed by atoms with Gasteiger partial charge in [0.1, 0.15) is 37.7 Å². The Hall–Kier alpha value is -3.24. The predicted molar refractivity (Wildman–Crippen MR) is 136 cm³/mol. The normalized spacial score (nSPS) is 19.4. The lowest BCUT2D eigenvalue weighted by molar-refractivity contribution is -0.190. The Balaban J connectivity index is 1.28. The topological polar surface area (TPSA) is 87.4 Å². The number of halogens is 2. The second kappa shape index (κ2) is 10.4. The van der Waals surface area contributed by atoms with E-state index >= 15 is 0 Å². The van der Waals surface area contributed by atoms with Crippen molar-refractivity contribution in [3.8, 4) is 17.0 Å². The monoisotopic (exact) mass is 526 g/mol. The maximum Gasteiger partial charge on any atom is 0.225 e. The van der Waals surface area contributed by atoms with Crippen LogP contribution < -0.4 is 9.64 Å². The second-order valence-corrected chi connectivity index (χ2v) is 9.34. The summed E-state index contributed by atoms with van der Waals surface area (Å²) in [6, 6.07) is 14.8. The third-order valence-corrected chi connectivity index (χ3v) is 6.21. The van der Waals surface area contributed by atoms with Crippen molar-refractivity contribution < 1.29 is 14.2 Å². The van der Waals surface area contributed by atoms with Crippen molar-refractivity contribution in [3.63, 3.8) is 0 Å². The van der Waals surface area contributed by atoms with Crippen LogP contribution in [0.2, 0.25) is 10.0 Å². The molecule has 1 aliphatic rings. The van der Waals surface area contributed by atoms with Gasteiger partial charge >= 0.3 is 0 Å². The molecule has 2 aromatic heterocycles. The molecule has 11 heteroatoms. The van der Waals surface area contributed by atoms with E-state index in [0.29, 0.717) is 40.5 Å². The van der Waals surface area contributed by atoms with Gasteiger partial charge in [-0.2, -0.15) is 5.10 Å². The van der Waals surface area contributed by atoms with E-state index < -0.39 is 5.79 Å². The van der Waals surface area contributed by atoms with E-state index in [1.807, 2.05) is 49.3 Å². The van der Waals surface area contributed by atoms with Crippen molar-refractivity contribution in [2.24, 2.45) is 0 Å². The molecular weight excluding hydrogens is 503 g/mol. The minimum Gasteiger partial charge on any atom is -0.491 e. The van der Waals surface area contributed by atoms with Gasteiger partial charge in [0, 0.05) is 36.4 Å². The van der Waals surface area contributed by atoms with Crippen molar-refractivity contribution in [3.05, 3.63) is 83.0 Å². The van der Waals surface area contributed by atoms with Crippen molar-refractivity contribution in [1.82, 2.24) is 24.7 Å². The first-order valence-electron chi connectivity index (χ1n) is 11.3. The number of hydrogen-bond donors (Lipinski definition) is 0.